The molecule has 0 saturated heterocycles. The lowest BCUT2D eigenvalue weighted by molar-refractivity contribution is -0.127. The second kappa shape index (κ2) is 3.24. The molecule has 0 spiro atoms. The van der Waals surface area contributed by atoms with Gasteiger partial charge in [-0.15, -0.1) is 0 Å². The topological polar surface area (TPSA) is 34.1 Å². The van der Waals surface area contributed by atoms with Gasteiger partial charge in [-0.05, 0) is 18.3 Å². The second-order valence-corrected chi connectivity index (χ2v) is 4.85. The summed E-state index contributed by atoms with van der Waals surface area (Å²) in [4.78, 5) is 22.6. The van der Waals surface area contributed by atoms with E-state index in [-0.39, 0.29) is 22.9 Å². The van der Waals surface area contributed by atoms with E-state index in [1.807, 2.05) is 0 Å². The van der Waals surface area contributed by atoms with Crippen molar-refractivity contribution in [1.29, 1.82) is 0 Å². The molecule has 2 nitrogen and oxygen atoms in total. The quantitative estimate of drug-likeness (QED) is 0.656. The van der Waals surface area contributed by atoms with Crippen LogP contribution < -0.4 is 0 Å². The molecule has 1 fully saturated rings. The first-order valence-electron chi connectivity index (χ1n) is 4.88. The van der Waals surface area contributed by atoms with Crippen molar-refractivity contribution in [3.8, 4) is 0 Å². The summed E-state index contributed by atoms with van der Waals surface area (Å²) in [5, 5.41) is 0. The van der Waals surface area contributed by atoms with Crippen LogP contribution in [-0.4, -0.2) is 11.6 Å². The highest BCUT2D eigenvalue weighted by atomic mass is 16.1. The maximum absolute atomic E-state index is 11.6. The summed E-state index contributed by atoms with van der Waals surface area (Å²) in [6.45, 7) is 7.84. The van der Waals surface area contributed by atoms with Gasteiger partial charge in [0.15, 0.2) is 0 Å². The van der Waals surface area contributed by atoms with E-state index in [1.54, 1.807) is 6.92 Å². The summed E-state index contributed by atoms with van der Waals surface area (Å²) in [5.74, 6) is 0.762. The van der Waals surface area contributed by atoms with Crippen LogP contribution in [0.5, 0.6) is 0 Å². The van der Waals surface area contributed by atoms with Gasteiger partial charge in [0, 0.05) is 18.8 Å². The van der Waals surface area contributed by atoms with E-state index in [0.717, 1.165) is 0 Å². The maximum Gasteiger partial charge on any atom is 0.137 e. The normalized spacial score (nSPS) is 32.2. The largest absolute Gasteiger partial charge is 0.300 e. The molecule has 2 atom stereocenters. The van der Waals surface area contributed by atoms with Crippen molar-refractivity contribution < 1.29 is 9.59 Å². The van der Waals surface area contributed by atoms with E-state index < -0.39 is 0 Å². The van der Waals surface area contributed by atoms with Gasteiger partial charge in [0.2, 0.25) is 0 Å². The van der Waals surface area contributed by atoms with Crippen molar-refractivity contribution >= 4 is 11.6 Å². The first kappa shape index (κ1) is 10.4. The fraction of sp³-hybridized carbons (Fsp3) is 0.818. The van der Waals surface area contributed by atoms with Crippen molar-refractivity contribution in [1.82, 2.24) is 0 Å². The summed E-state index contributed by atoms with van der Waals surface area (Å²) in [6, 6.07) is 0. The molecule has 1 aliphatic carbocycles. The van der Waals surface area contributed by atoms with Crippen molar-refractivity contribution in [2.24, 2.45) is 17.3 Å². The molecule has 1 rings (SSSR count). The molecule has 2 heteroatoms. The van der Waals surface area contributed by atoms with Gasteiger partial charge in [-0.1, -0.05) is 20.8 Å². The summed E-state index contributed by atoms with van der Waals surface area (Å²) < 4.78 is 0. The monoisotopic (exact) mass is 182 g/mol. The zero-order chi connectivity index (χ0) is 10.2. The minimum atomic E-state index is -0.0417. The third-order valence-corrected chi connectivity index (χ3v) is 3.56. The van der Waals surface area contributed by atoms with Crippen LogP contribution in [0.2, 0.25) is 0 Å². The molecule has 0 radical (unpaired) electrons. The number of carbonyl (C=O) groups is 2. The molecule has 1 saturated carbocycles. The molecule has 0 aromatic rings. The molecule has 0 aromatic carbocycles. The fourth-order valence-electron chi connectivity index (χ4n) is 2.13. The Hall–Kier alpha value is -0.660. The third-order valence-electron chi connectivity index (χ3n) is 3.56. The SMILES string of the molecule is CC(=O)CC1C(=O)CC(C)C1(C)C. The number of carbonyl (C=O) groups excluding carboxylic acids is 2. The Morgan fingerprint density at radius 1 is 1.54 bits per heavy atom. The highest BCUT2D eigenvalue weighted by Gasteiger charge is 2.46. The maximum atomic E-state index is 11.6. The summed E-state index contributed by atoms with van der Waals surface area (Å²) in [5.41, 5.74) is 0.00273. The third kappa shape index (κ3) is 1.82. The summed E-state index contributed by atoms with van der Waals surface area (Å²) in [6.07, 6.45) is 1.07. The Morgan fingerprint density at radius 3 is 2.38 bits per heavy atom. The van der Waals surface area contributed by atoms with Gasteiger partial charge in [0.1, 0.15) is 11.6 Å². The predicted octanol–water partition coefficient (Wildman–Crippen LogP) is 2.22. The van der Waals surface area contributed by atoms with Crippen molar-refractivity contribution in [3.05, 3.63) is 0 Å². The van der Waals surface area contributed by atoms with Crippen molar-refractivity contribution in [3.63, 3.8) is 0 Å². The zero-order valence-corrected chi connectivity index (χ0v) is 8.89. The molecule has 0 aliphatic heterocycles. The van der Waals surface area contributed by atoms with Gasteiger partial charge in [-0.25, -0.2) is 0 Å². The van der Waals surface area contributed by atoms with E-state index in [1.165, 1.54) is 0 Å². The first-order chi connectivity index (χ1) is 5.85. The Bertz CT molecular complexity index is 240. The van der Waals surface area contributed by atoms with Crippen molar-refractivity contribution in [2.45, 2.75) is 40.5 Å². The first-order valence-corrected chi connectivity index (χ1v) is 4.88. The highest BCUT2D eigenvalue weighted by molar-refractivity contribution is 5.89. The van der Waals surface area contributed by atoms with Crippen LogP contribution in [0.4, 0.5) is 0 Å². The molecule has 2 unspecified atom stereocenters. The van der Waals surface area contributed by atoms with Crippen LogP contribution in [0.25, 0.3) is 0 Å². The number of rotatable bonds is 2. The van der Waals surface area contributed by atoms with Crippen LogP contribution in [0.15, 0.2) is 0 Å². The van der Waals surface area contributed by atoms with Gasteiger partial charge in [-0.3, -0.25) is 4.79 Å². The Balaban J connectivity index is 2.82. The second-order valence-electron chi connectivity index (χ2n) is 4.85. The molecule has 0 amide bonds. The Morgan fingerprint density at radius 2 is 2.08 bits per heavy atom. The lowest BCUT2D eigenvalue weighted by atomic mass is 9.74. The van der Waals surface area contributed by atoms with Gasteiger partial charge in [0.25, 0.3) is 0 Å². The van der Waals surface area contributed by atoms with E-state index in [0.29, 0.717) is 18.8 Å². The van der Waals surface area contributed by atoms with Gasteiger partial charge >= 0.3 is 0 Å². The summed E-state index contributed by atoms with van der Waals surface area (Å²) in [7, 11) is 0. The molecule has 74 valence electrons. The van der Waals surface area contributed by atoms with E-state index in [4.69, 9.17) is 0 Å². The molecular formula is C11H18O2. The van der Waals surface area contributed by atoms with Gasteiger partial charge in [-0.2, -0.15) is 0 Å². The molecule has 0 heterocycles. The van der Waals surface area contributed by atoms with Crippen molar-refractivity contribution in [2.75, 3.05) is 0 Å². The van der Waals surface area contributed by atoms with Gasteiger partial charge < -0.3 is 4.79 Å². The number of hydrogen-bond donors (Lipinski definition) is 0. The van der Waals surface area contributed by atoms with Crippen LogP contribution in [-0.2, 0) is 9.59 Å². The van der Waals surface area contributed by atoms with Crippen LogP contribution >= 0.6 is 0 Å². The average Bonchev–Trinajstić information content (AvgIpc) is 2.13. The average molecular weight is 182 g/mol. The van der Waals surface area contributed by atoms with Crippen LogP contribution in [0.1, 0.15) is 40.5 Å². The van der Waals surface area contributed by atoms with Crippen LogP contribution in [0, 0.1) is 17.3 Å². The molecule has 1 aliphatic rings. The lowest BCUT2D eigenvalue weighted by Crippen LogP contribution is -2.27. The minimum Gasteiger partial charge on any atom is -0.300 e. The standard InChI is InChI=1S/C11H18O2/c1-7-5-10(13)9(6-8(2)12)11(7,3)4/h7,9H,5-6H2,1-4H3. The Kier molecular flexibility index (Phi) is 2.60. The number of ketones is 2. The van der Waals surface area contributed by atoms with Crippen LogP contribution in [0.3, 0.4) is 0 Å². The van der Waals surface area contributed by atoms with E-state index >= 15 is 0 Å². The predicted molar refractivity (Wildman–Crippen MR) is 51.4 cm³/mol. The molecule has 0 bridgehead atoms. The molecule has 13 heavy (non-hydrogen) atoms. The van der Waals surface area contributed by atoms with Gasteiger partial charge in [0.05, 0.1) is 0 Å². The lowest BCUT2D eigenvalue weighted by Gasteiger charge is -2.29. The summed E-state index contributed by atoms with van der Waals surface area (Å²) >= 11 is 0. The highest BCUT2D eigenvalue weighted by Crippen LogP contribution is 2.46. The smallest absolute Gasteiger partial charge is 0.137 e. The molecular weight excluding hydrogens is 164 g/mol. The number of hydrogen-bond acceptors (Lipinski definition) is 2. The minimum absolute atomic E-state index is 0.00273. The number of Topliss-reactive ketones (excluding diaryl/α,β-unsaturated/α-hetero) is 2. The molecule has 0 N–H and O–H groups in total. The molecule has 0 aromatic heterocycles. The fourth-order valence-corrected chi connectivity index (χ4v) is 2.13. The van der Waals surface area contributed by atoms with E-state index in [9.17, 15) is 9.59 Å². The van der Waals surface area contributed by atoms with E-state index in [2.05, 4.69) is 20.8 Å². The Labute approximate surface area is 79.7 Å². The zero-order valence-electron chi connectivity index (χ0n) is 8.89.